The van der Waals surface area contributed by atoms with Gasteiger partial charge in [-0.15, -0.1) is 11.8 Å². The molecule has 22 heavy (non-hydrogen) atoms. The third kappa shape index (κ3) is 3.89. The van der Waals surface area contributed by atoms with E-state index in [0.29, 0.717) is 5.56 Å². The SMILES string of the molecule is Cc1ccc2c(c1)C(=O)C(CC(P(=O)(O)O)P(=O)(O)O)CS2. The Kier molecular flexibility index (Phi) is 5.05. The molecular formula is C12H16O7P2S. The zero-order chi connectivity index (χ0) is 16.7. The van der Waals surface area contributed by atoms with Gasteiger partial charge >= 0.3 is 15.2 Å². The number of rotatable bonds is 4. The lowest BCUT2D eigenvalue weighted by molar-refractivity contribution is 0.0922. The Balaban J connectivity index is 2.30. The van der Waals surface area contributed by atoms with E-state index in [2.05, 4.69) is 0 Å². The summed E-state index contributed by atoms with van der Waals surface area (Å²) in [6.45, 7) is 1.82. The zero-order valence-corrected chi connectivity index (χ0v) is 14.2. The standard InChI is InChI=1S/C12H16O7P2S/c1-7-2-3-10-9(4-7)12(13)8(6-22-10)5-11(20(14,15)16)21(17,18)19/h2-4,8,11H,5-6H2,1H3,(H2,14,15,16)(H2,17,18,19). The Morgan fingerprint density at radius 3 is 2.36 bits per heavy atom. The molecule has 0 saturated carbocycles. The number of carbonyl (C=O) groups excluding carboxylic acids is 1. The van der Waals surface area contributed by atoms with Crippen molar-refractivity contribution >= 4 is 32.7 Å². The zero-order valence-electron chi connectivity index (χ0n) is 11.6. The number of carbonyl (C=O) groups is 1. The van der Waals surface area contributed by atoms with Crippen molar-refractivity contribution in [3.8, 4) is 0 Å². The quantitative estimate of drug-likeness (QED) is 0.595. The van der Waals surface area contributed by atoms with Gasteiger partial charge in [0.25, 0.3) is 0 Å². The molecule has 0 radical (unpaired) electrons. The van der Waals surface area contributed by atoms with Crippen molar-refractivity contribution in [3.63, 3.8) is 0 Å². The molecule has 1 heterocycles. The van der Waals surface area contributed by atoms with E-state index in [1.807, 2.05) is 13.0 Å². The maximum Gasteiger partial charge on any atom is 0.340 e. The van der Waals surface area contributed by atoms with E-state index in [1.165, 1.54) is 11.8 Å². The van der Waals surface area contributed by atoms with Crippen molar-refractivity contribution in [2.24, 2.45) is 5.92 Å². The first kappa shape index (κ1) is 17.9. The van der Waals surface area contributed by atoms with Crippen molar-refractivity contribution < 1.29 is 33.5 Å². The average molecular weight is 366 g/mol. The van der Waals surface area contributed by atoms with Crippen LogP contribution in [0, 0.1) is 12.8 Å². The maximum atomic E-state index is 12.4. The van der Waals surface area contributed by atoms with Crippen LogP contribution in [0.3, 0.4) is 0 Å². The Morgan fingerprint density at radius 1 is 1.23 bits per heavy atom. The highest BCUT2D eigenvalue weighted by Gasteiger charge is 2.46. The summed E-state index contributed by atoms with van der Waals surface area (Å²) in [7, 11) is -10.0. The van der Waals surface area contributed by atoms with E-state index in [0.717, 1.165) is 10.5 Å². The molecule has 0 aromatic heterocycles. The fraction of sp³-hybridized carbons (Fsp3) is 0.417. The van der Waals surface area contributed by atoms with Crippen molar-refractivity contribution in [1.29, 1.82) is 0 Å². The summed E-state index contributed by atoms with van der Waals surface area (Å²) < 4.78 is 22.7. The Morgan fingerprint density at radius 2 is 1.82 bits per heavy atom. The van der Waals surface area contributed by atoms with Gasteiger partial charge in [0, 0.05) is 22.1 Å². The minimum atomic E-state index is -5.01. The molecule has 1 aromatic carbocycles. The van der Waals surface area contributed by atoms with Gasteiger partial charge in [-0.2, -0.15) is 0 Å². The molecule has 0 amide bonds. The second-order valence-electron chi connectivity index (χ2n) is 5.27. The fourth-order valence-electron chi connectivity index (χ4n) is 2.35. The third-order valence-electron chi connectivity index (χ3n) is 3.48. The lowest BCUT2D eigenvalue weighted by Gasteiger charge is -2.27. The summed E-state index contributed by atoms with van der Waals surface area (Å²) in [6.07, 6.45) is -0.534. The predicted molar refractivity (Wildman–Crippen MR) is 82.2 cm³/mol. The molecule has 0 aliphatic carbocycles. The molecule has 0 fully saturated rings. The second-order valence-corrected chi connectivity index (χ2v) is 10.3. The summed E-state index contributed by atoms with van der Waals surface area (Å²) >= 11 is 1.35. The van der Waals surface area contributed by atoms with Gasteiger partial charge in [0.2, 0.25) is 0 Å². The largest absolute Gasteiger partial charge is 0.340 e. The van der Waals surface area contributed by atoms with Crippen LogP contribution in [0.5, 0.6) is 0 Å². The smallest absolute Gasteiger partial charge is 0.324 e. The molecule has 0 bridgehead atoms. The van der Waals surface area contributed by atoms with E-state index in [-0.39, 0.29) is 11.5 Å². The van der Waals surface area contributed by atoms with Crippen LogP contribution in [0.25, 0.3) is 0 Å². The number of benzene rings is 1. The van der Waals surface area contributed by atoms with Crippen LogP contribution in [0.1, 0.15) is 22.3 Å². The van der Waals surface area contributed by atoms with Crippen LogP contribution in [-0.2, 0) is 9.13 Å². The number of aryl methyl sites for hydroxylation is 1. The molecule has 0 saturated heterocycles. The third-order valence-corrected chi connectivity index (χ3v) is 8.50. The molecule has 1 aromatic rings. The van der Waals surface area contributed by atoms with Crippen LogP contribution in [-0.4, -0.2) is 36.5 Å². The molecule has 1 unspecified atom stereocenters. The molecule has 4 N–H and O–H groups in total. The number of ketones is 1. The topological polar surface area (TPSA) is 132 Å². The molecular weight excluding hydrogens is 350 g/mol. The molecule has 2 rings (SSSR count). The van der Waals surface area contributed by atoms with Gasteiger partial charge in [-0.3, -0.25) is 13.9 Å². The van der Waals surface area contributed by atoms with Gasteiger partial charge in [-0.05, 0) is 25.5 Å². The van der Waals surface area contributed by atoms with Gasteiger partial charge in [-0.25, -0.2) is 0 Å². The van der Waals surface area contributed by atoms with E-state index in [1.54, 1.807) is 12.1 Å². The maximum absolute atomic E-state index is 12.4. The van der Waals surface area contributed by atoms with Crippen LogP contribution in [0.4, 0.5) is 0 Å². The monoisotopic (exact) mass is 366 g/mol. The normalized spacial score (nSPS) is 19.4. The number of hydrogen-bond acceptors (Lipinski definition) is 4. The number of thioether (sulfide) groups is 1. The summed E-state index contributed by atoms with van der Waals surface area (Å²) in [5.41, 5.74) is 1.31. The lowest BCUT2D eigenvalue weighted by atomic mass is 9.95. The molecule has 7 nitrogen and oxygen atoms in total. The van der Waals surface area contributed by atoms with Crippen LogP contribution < -0.4 is 0 Å². The first-order valence-corrected chi connectivity index (χ1v) is 10.7. The Labute approximate surface area is 131 Å². The van der Waals surface area contributed by atoms with Gasteiger partial charge < -0.3 is 19.6 Å². The lowest BCUT2D eigenvalue weighted by Crippen LogP contribution is -2.27. The van der Waals surface area contributed by atoms with E-state index in [4.69, 9.17) is 0 Å². The molecule has 1 aliphatic heterocycles. The molecule has 10 heteroatoms. The second kappa shape index (κ2) is 6.21. The minimum absolute atomic E-state index is 0.241. The highest BCUT2D eigenvalue weighted by atomic mass is 32.2. The molecule has 1 atom stereocenters. The van der Waals surface area contributed by atoms with Crippen molar-refractivity contribution in [2.45, 2.75) is 23.6 Å². The first-order valence-electron chi connectivity index (χ1n) is 6.38. The molecule has 122 valence electrons. The van der Waals surface area contributed by atoms with Gasteiger partial charge in [0.1, 0.15) is 0 Å². The number of hydrogen-bond donors (Lipinski definition) is 4. The Hall–Kier alpha value is -0.460. The molecule has 0 spiro atoms. The predicted octanol–water partition coefficient (Wildman–Crippen LogP) is 1.97. The number of fused-ring (bicyclic) bond motifs is 1. The summed E-state index contributed by atoms with van der Waals surface area (Å²) in [4.78, 5) is 49.9. The van der Waals surface area contributed by atoms with Crippen molar-refractivity contribution in [2.75, 3.05) is 5.75 Å². The summed E-state index contributed by atoms with van der Waals surface area (Å²) in [6, 6.07) is 5.33. The Bertz CT molecular complexity index is 671. The van der Waals surface area contributed by atoms with Gasteiger partial charge in [0.15, 0.2) is 11.2 Å². The average Bonchev–Trinajstić information content (AvgIpc) is 2.35. The molecule has 1 aliphatic rings. The van der Waals surface area contributed by atoms with E-state index < -0.39 is 32.9 Å². The summed E-state index contributed by atoms with van der Waals surface area (Å²) in [5.74, 6) is -0.917. The minimum Gasteiger partial charge on any atom is -0.324 e. The van der Waals surface area contributed by atoms with Crippen LogP contribution in [0.2, 0.25) is 0 Å². The summed E-state index contributed by atoms with van der Waals surface area (Å²) in [5, 5.41) is -2.14. The van der Waals surface area contributed by atoms with Gasteiger partial charge in [0.05, 0.1) is 0 Å². The van der Waals surface area contributed by atoms with Crippen LogP contribution >= 0.6 is 27.0 Å². The highest BCUT2D eigenvalue weighted by molar-refractivity contribution is 7.99. The van der Waals surface area contributed by atoms with Gasteiger partial charge in [-0.1, -0.05) is 11.6 Å². The van der Waals surface area contributed by atoms with Crippen LogP contribution in [0.15, 0.2) is 23.1 Å². The first-order chi connectivity index (χ1) is 10.00. The van der Waals surface area contributed by atoms with Crippen molar-refractivity contribution in [1.82, 2.24) is 0 Å². The number of Topliss-reactive ketones (excluding diaryl/α,β-unsaturated/α-hetero) is 1. The fourth-order valence-corrected chi connectivity index (χ4v) is 6.12. The van der Waals surface area contributed by atoms with E-state index in [9.17, 15) is 33.5 Å². The van der Waals surface area contributed by atoms with Crippen molar-refractivity contribution in [3.05, 3.63) is 29.3 Å². The highest BCUT2D eigenvalue weighted by Crippen LogP contribution is 2.62. The van der Waals surface area contributed by atoms with E-state index >= 15 is 0 Å².